The van der Waals surface area contributed by atoms with E-state index in [0.717, 1.165) is 16.9 Å². The van der Waals surface area contributed by atoms with Gasteiger partial charge in [-0.05, 0) is 38.5 Å². The van der Waals surface area contributed by atoms with Crippen molar-refractivity contribution in [3.05, 3.63) is 65.7 Å². The van der Waals surface area contributed by atoms with Gasteiger partial charge in [-0.1, -0.05) is 47.6 Å². The van der Waals surface area contributed by atoms with Crippen molar-refractivity contribution < 1.29 is 9.57 Å². The van der Waals surface area contributed by atoms with E-state index in [1.807, 2.05) is 75.4 Å². The molecule has 0 heterocycles. The molecular weight excluding hydrogens is 262 g/mol. The molecule has 0 unspecified atom stereocenters. The van der Waals surface area contributed by atoms with Crippen molar-refractivity contribution in [2.45, 2.75) is 33.0 Å². The highest BCUT2D eigenvalue weighted by atomic mass is 16.6. The van der Waals surface area contributed by atoms with Gasteiger partial charge in [-0.25, -0.2) is 0 Å². The molecule has 3 heteroatoms. The van der Waals surface area contributed by atoms with Gasteiger partial charge in [0.05, 0.1) is 6.21 Å². The van der Waals surface area contributed by atoms with Crippen molar-refractivity contribution in [1.82, 2.24) is 0 Å². The summed E-state index contributed by atoms with van der Waals surface area (Å²) in [6.07, 6.45) is 1.69. The highest BCUT2D eigenvalue weighted by Gasteiger charge is 2.09. The van der Waals surface area contributed by atoms with Crippen LogP contribution in [0.3, 0.4) is 0 Å². The molecule has 0 saturated carbocycles. The summed E-state index contributed by atoms with van der Waals surface area (Å²) in [6, 6.07) is 17.9. The number of benzene rings is 2. The zero-order chi connectivity index (χ0) is 15.1. The van der Waals surface area contributed by atoms with Gasteiger partial charge in [-0.2, -0.15) is 0 Å². The lowest BCUT2D eigenvalue weighted by Crippen LogP contribution is -2.15. The molecule has 0 radical (unpaired) electrons. The summed E-state index contributed by atoms with van der Waals surface area (Å²) >= 11 is 0. The topological polar surface area (TPSA) is 30.8 Å². The number of para-hydroxylation sites is 1. The maximum Gasteiger partial charge on any atom is 0.129 e. The van der Waals surface area contributed by atoms with Crippen molar-refractivity contribution in [2.24, 2.45) is 5.16 Å². The first-order valence-electron chi connectivity index (χ1n) is 7.02. The maximum atomic E-state index is 5.86. The van der Waals surface area contributed by atoms with Crippen LogP contribution in [-0.4, -0.2) is 11.8 Å². The van der Waals surface area contributed by atoms with Gasteiger partial charge in [-0.3, -0.25) is 0 Å². The SMILES string of the molecule is CC(C)(C)O/N=C/c1ccccc1OCc1ccccc1. The van der Waals surface area contributed by atoms with Crippen LogP contribution in [0.25, 0.3) is 0 Å². The maximum absolute atomic E-state index is 5.86. The monoisotopic (exact) mass is 283 g/mol. The zero-order valence-corrected chi connectivity index (χ0v) is 12.7. The molecule has 0 atom stereocenters. The lowest BCUT2D eigenvalue weighted by molar-refractivity contribution is 0.00197. The number of hydrogen-bond donors (Lipinski definition) is 0. The van der Waals surface area contributed by atoms with Crippen LogP contribution in [0, 0.1) is 0 Å². The summed E-state index contributed by atoms with van der Waals surface area (Å²) in [5.41, 5.74) is 1.74. The molecule has 0 bridgehead atoms. The van der Waals surface area contributed by atoms with E-state index in [2.05, 4.69) is 5.16 Å². The Morgan fingerprint density at radius 1 is 0.952 bits per heavy atom. The number of hydrogen-bond acceptors (Lipinski definition) is 3. The Morgan fingerprint density at radius 2 is 1.62 bits per heavy atom. The van der Waals surface area contributed by atoms with Gasteiger partial charge in [0.25, 0.3) is 0 Å². The van der Waals surface area contributed by atoms with Crippen LogP contribution in [0.2, 0.25) is 0 Å². The summed E-state index contributed by atoms with van der Waals surface area (Å²) in [6.45, 7) is 6.41. The van der Waals surface area contributed by atoms with E-state index in [9.17, 15) is 0 Å². The summed E-state index contributed by atoms with van der Waals surface area (Å²) < 4.78 is 5.86. The van der Waals surface area contributed by atoms with E-state index in [0.29, 0.717) is 6.61 Å². The molecule has 2 aromatic rings. The van der Waals surface area contributed by atoms with Gasteiger partial charge in [0.2, 0.25) is 0 Å². The van der Waals surface area contributed by atoms with Gasteiger partial charge in [-0.15, -0.1) is 0 Å². The lowest BCUT2D eigenvalue weighted by Gasteiger charge is -2.15. The Balaban J connectivity index is 2.03. The van der Waals surface area contributed by atoms with Crippen molar-refractivity contribution >= 4 is 6.21 Å². The second-order valence-corrected chi connectivity index (χ2v) is 5.75. The van der Waals surface area contributed by atoms with Crippen molar-refractivity contribution in [3.8, 4) is 5.75 Å². The third kappa shape index (κ3) is 5.30. The molecule has 0 aliphatic rings. The smallest absolute Gasteiger partial charge is 0.129 e. The second kappa shape index (κ2) is 6.93. The van der Waals surface area contributed by atoms with Gasteiger partial charge < -0.3 is 9.57 Å². The molecule has 0 aliphatic heterocycles. The Kier molecular flexibility index (Phi) is 4.99. The fourth-order valence-corrected chi connectivity index (χ4v) is 1.70. The summed E-state index contributed by atoms with van der Waals surface area (Å²) in [5.74, 6) is 0.794. The minimum atomic E-state index is -0.295. The number of rotatable bonds is 5. The molecular formula is C18H21NO2. The van der Waals surface area contributed by atoms with Crippen LogP contribution in [0.5, 0.6) is 5.75 Å². The number of oxime groups is 1. The molecule has 0 saturated heterocycles. The summed E-state index contributed by atoms with van der Waals surface area (Å²) in [4.78, 5) is 5.36. The number of nitrogens with zero attached hydrogens (tertiary/aromatic N) is 1. The van der Waals surface area contributed by atoms with Gasteiger partial charge in [0.15, 0.2) is 0 Å². The molecule has 2 aromatic carbocycles. The first-order valence-corrected chi connectivity index (χ1v) is 7.02. The van der Waals surface area contributed by atoms with Crippen LogP contribution in [0.15, 0.2) is 59.8 Å². The lowest BCUT2D eigenvalue weighted by atomic mass is 10.2. The highest BCUT2D eigenvalue weighted by Crippen LogP contribution is 2.18. The van der Waals surface area contributed by atoms with Gasteiger partial charge in [0, 0.05) is 5.56 Å². The average Bonchev–Trinajstić information content (AvgIpc) is 2.46. The van der Waals surface area contributed by atoms with Crippen LogP contribution < -0.4 is 4.74 Å². The van der Waals surface area contributed by atoms with Gasteiger partial charge >= 0.3 is 0 Å². The van der Waals surface area contributed by atoms with E-state index in [1.165, 1.54) is 0 Å². The Hall–Kier alpha value is -2.29. The fourth-order valence-electron chi connectivity index (χ4n) is 1.70. The van der Waals surface area contributed by atoms with Gasteiger partial charge in [0.1, 0.15) is 18.0 Å². The molecule has 2 rings (SSSR count). The Bertz CT molecular complexity index is 586. The second-order valence-electron chi connectivity index (χ2n) is 5.75. The summed E-state index contributed by atoms with van der Waals surface area (Å²) in [5, 5.41) is 4.02. The predicted octanol–water partition coefficient (Wildman–Crippen LogP) is 4.41. The quantitative estimate of drug-likeness (QED) is 0.601. The standard InChI is InChI=1S/C18H21NO2/c1-18(2,3)21-19-13-16-11-7-8-12-17(16)20-14-15-9-5-4-6-10-15/h4-13H,14H2,1-3H3/b19-13+. The molecule has 0 amide bonds. The highest BCUT2D eigenvalue weighted by molar-refractivity contribution is 5.83. The first-order chi connectivity index (χ1) is 10.0. The molecule has 21 heavy (non-hydrogen) atoms. The summed E-state index contributed by atoms with van der Waals surface area (Å²) in [7, 11) is 0. The van der Waals surface area contributed by atoms with Crippen LogP contribution in [0.4, 0.5) is 0 Å². The largest absolute Gasteiger partial charge is 0.488 e. The zero-order valence-electron chi connectivity index (χ0n) is 12.7. The molecule has 0 N–H and O–H groups in total. The van der Waals surface area contributed by atoms with E-state index in [1.54, 1.807) is 6.21 Å². The predicted molar refractivity (Wildman–Crippen MR) is 85.6 cm³/mol. The van der Waals surface area contributed by atoms with E-state index >= 15 is 0 Å². The van der Waals surface area contributed by atoms with Crippen molar-refractivity contribution in [1.29, 1.82) is 0 Å². The first kappa shape index (κ1) is 15.1. The average molecular weight is 283 g/mol. The molecule has 0 fully saturated rings. The van der Waals surface area contributed by atoms with E-state index in [-0.39, 0.29) is 5.60 Å². The normalized spacial score (nSPS) is 11.6. The third-order valence-electron chi connectivity index (χ3n) is 2.67. The van der Waals surface area contributed by atoms with Crippen LogP contribution >= 0.6 is 0 Å². The minimum Gasteiger partial charge on any atom is -0.488 e. The Labute approximate surface area is 126 Å². The minimum absolute atomic E-state index is 0.295. The van der Waals surface area contributed by atoms with E-state index in [4.69, 9.17) is 9.57 Å². The van der Waals surface area contributed by atoms with Crippen LogP contribution in [0.1, 0.15) is 31.9 Å². The fraction of sp³-hybridized carbons (Fsp3) is 0.278. The van der Waals surface area contributed by atoms with Crippen molar-refractivity contribution in [2.75, 3.05) is 0 Å². The van der Waals surface area contributed by atoms with Crippen LogP contribution in [-0.2, 0) is 11.4 Å². The molecule has 0 spiro atoms. The molecule has 0 aromatic heterocycles. The van der Waals surface area contributed by atoms with Crippen molar-refractivity contribution in [3.63, 3.8) is 0 Å². The molecule has 110 valence electrons. The number of ether oxygens (including phenoxy) is 1. The molecule has 3 nitrogen and oxygen atoms in total. The Morgan fingerprint density at radius 3 is 2.33 bits per heavy atom. The van der Waals surface area contributed by atoms with E-state index < -0.39 is 0 Å². The molecule has 0 aliphatic carbocycles. The third-order valence-corrected chi connectivity index (χ3v) is 2.67.